The summed E-state index contributed by atoms with van der Waals surface area (Å²) in [5.74, 6) is 2.15. The fourth-order valence-electron chi connectivity index (χ4n) is 2.44. The number of carbonyl (C=O) groups is 1. The largest absolute Gasteiger partial charge is 0.494 e. The first-order valence-corrected chi connectivity index (χ1v) is 8.04. The maximum Gasteiger partial charge on any atom is 0.162 e. The maximum absolute atomic E-state index is 12.2. The molecule has 1 aromatic rings. The molecule has 0 saturated heterocycles. The molecule has 0 aliphatic rings. The van der Waals surface area contributed by atoms with Crippen LogP contribution >= 0.6 is 0 Å². The van der Waals surface area contributed by atoms with Crippen molar-refractivity contribution in [2.75, 3.05) is 13.2 Å². The lowest BCUT2D eigenvalue weighted by Gasteiger charge is -2.19. The van der Waals surface area contributed by atoms with E-state index in [9.17, 15) is 4.79 Å². The SMILES string of the molecule is CCCOc1ccc(C(=O)CCC(CCN)C(C)C)cc1. The van der Waals surface area contributed by atoms with Crippen molar-refractivity contribution in [1.29, 1.82) is 0 Å². The number of hydrogen-bond donors (Lipinski definition) is 1. The highest BCUT2D eigenvalue weighted by molar-refractivity contribution is 5.96. The Bertz CT molecular complexity index is 412. The zero-order valence-corrected chi connectivity index (χ0v) is 13.6. The minimum absolute atomic E-state index is 0.208. The van der Waals surface area contributed by atoms with E-state index in [0.29, 0.717) is 31.4 Å². The van der Waals surface area contributed by atoms with Gasteiger partial charge in [-0.2, -0.15) is 0 Å². The Hall–Kier alpha value is -1.35. The number of rotatable bonds is 10. The molecule has 0 radical (unpaired) electrons. The molecule has 0 fully saturated rings. The Labute approximate surface area is 128 Å². The number of Topliss-reactive ketones (excluding diaryl/α,β-unsaturated/α-hetero) is 1. The van der Waals surface area contributed by atoms with Gasteiger partial charge in [0.1, 0.15) is 5.75 Å². The van der Waals surface area contributed by atoms with E-state index in [1.54, 1.807) is 0 Å². The van der Waals surface area contributed by atoms with E-state index in [-0.39, 0.29) is 5.78 Å². The van der Waals surface area contributed by atoms with E-state index in [0.717, 1.165) is 30.6 Å². The highest BCUT2D eigenvalue weighted by Gasteiger charge is 2.15. The van der Waals surface area contributed by atoms with E-state index in [2.05, 4.69) is 20.8 Å². The number of nitrogens with two attached hydrogens (primary N) is 1. The molecule has 1 aromatic carbocycles. The van der Waals surface area contributed by atoms with E-state index in [4.69, 9.17) is 10.5 Å². The van der Waals surface area contributed by atoms with Crippen molar-refractivity contribution in [2.45, 2.75) is 46.5 Å². The number of hydrogen-bond acceptors (Lipinski definition) is 3. The average Bonchev–Trinajstić information content (AvgIpc) is 2.49. The van der Waals surface area contributed by atoms with Crippen molar-refractivity contribution in [3.8, 4) is 5.75 Å². The summed E-state index contributed by atoms with van der Waals surface area (Å²) in [5.41, 5.74) is 6.41. The summed E-state index contributed by atoms with van der Waals surface area (Å²) in [4.78, 5) is 12.2. The third kappa shape index (κ3) is 6.30. The van der Waals surface area contributed by atoms with Crippen LogP contribution in [0.4, 0.5) is 0 Å². The lowest BCUT2D eigenvalue weighted by atomic mass is 9.87. The van der Waals surface area contributed by atoms with Gasteiger partial charge in [-0.05, 0) is 61.9 Å². The fourth-order valence-corrected chi connectivity index (χ4v) is 2.44. The van der Waals surface area contributed by atoms with Crippen molar-refractivity contribution >= 4 is 5.78 Å². The van der Waals surface area contributed by atoms with Crippen molar-refractivity contribution in [3.05, 3.63) is 29.8 Å². The monoisotopic (exact) mass is 291 g/mol. The zero-order valence-electron chi connectivity index (χ0n) is 13.6. The van der Waals surface area contributed by atoms with Crippen molar-refractivity contribution in [2.24, 2.45) is 17.6 Å². The fraction of sp³-hybridized carbons (Fsp3) is 0.611. The van der Waals surface area contributed by atoms with Crippen LogP contribution in [0.2, 0.25) is 0 Å². The molecule has 0 spiro atoms. The Morgan fingerprint density at radius 1 is 1.19 bits per heavy atom. The lowest BCUT2D eigenvalue weighted by molar-refractivity contribution is 0.0969. The molecule has 3 nitrogen and oxygen atoms in total. The summed E-state index contributed by atoms with van der Waals surface area (Å²) in [5, 5.41) is 0. The van der Waals surface area contributed by atoms with Gasteiger partial charge in [-0.25, -0.2) is 0 Å². The van der Waals surface area contributed by atoms with Crippen molar-refractivity contribution < 1.29 is 9.53 Å². The minimum Gasteiger partial charge on any atom is -0.494 e. The molecule has 0 saturated carbocycles. The van der Waals surface area contributed by atoms with Crippen LogP contribution < -0.4 is 10.5 Å². The van der Waals surface area contributed by atoms with Crippen molar-refractivity contribution in [3.63, 3.8) is 0 Å². The second-order valence-corrected chi connectivity index (χ2v) is 5.92. The smallest absolute Gasteiger partial charge is 0.162 e. The first kappa shape index (κ1) is 17.7. The molecule has 1 atom stereocenters. The highest BCUT2D eigenvalue weighted by Crippen LogP contribution is 2.22. The van der Waals surface area contributed by atoms with Crippen LogP contribution in [-0.4, -0.2) is 18.9 Å². The van der Waals surface area contributed by atoms with Gasteiger partial charge in [0.05, 0.1) is 6.61 Å². The molecule has 2 N–H and O–H groups in total. The van der Waals surface area contributed by atoms with Gasteiger partial charge in [0, 0.05) is 12.0 Å². The van der Waals surface area contributed by atoms with E-state index < -0.39 is 0 Å². The first-order valence-electron chi connectivity index (χ1n) is 8.04. The second-order valence-electron chi connectivity index (χ2n) is 5.92. The van der Waals surface area contributed by atoms with Crippen LogP contribution in [0.15, 0.2) is 24.3 Å². The van der Waals surface area contributed by atoms with Gasteiger partial charge in [-0.1, -0.05) is 20.8 Å². The van der Waals surface area contributed by atoms with Crippen LogP contribution in [0.5, 0.6) is 5.75 Å². The molecule has 0 amide bonds. The quantitative estimate of drug-likeness (QED) is 0.661. The zero-order chi connectivity index (χ0) is 15.7. The van der Waals surface area contributed by atoms with Gasteiger partial charge in [0.2, 0.25) is 0 Å². The van der Waals surface area contributed by atoms with Crippen LogP contribution in [0.1, 0.15) is 56.8 Å². The van der Waals surface area contributed by atoms with Gasteiger partial charge in [0.15, 0.2) is 5.78 Å². The van der Waals surface area contributed by atoms with Gasteiger partial charge < -0.3 is 10.5 Å². The predicted octanol–water partition coefficient (Wildman–Crippen LogP) is 4.06. The molecule has 0 bridgehead atoms. The third-order valence-electron chi connectivity index (χ3n) is 3.87. The minimum atomic E-state index is 0.208. The predicted molar refractivity (Wildman–Crippen MR) is 87.8 cm³/mol. The topological polar surface area (TPSA) is 52.3 Å². The van der Waals surface area contributed by atoms with E-state index in [1.807, 2.05) is 24.3 Å². The third-order valence-corrected chi connectivity index (χ3v) is 3.87. The Kier molecular flexibility index (Phi) is 8.06. The molecule has 0 aliphatic heterocycles. The lowest BCUT2D eigenvalue weighted by Crippen LogP contribution is -2.15. The number of benzene rings is 1. The van der Waals surface area contributed by atoms with E-state index in [1.165, 1.54) is 0 Å². The average molecular weight is 291 g/mol. The van der Waals surface area contributed by atoms with Crippen LogP contribution in [0.3, 0.4) is 0 Å². The summed E-state index contributed by atoms with van der Waals surface area (Å²) in [6.45, 7) is 7.88. The molecular formula is C18H29NO2. The summed E-state index contributed by atoms with van der Waals surface area (Å²) < 4.78 is 5.53. The normalized spacial score (nSPS) is 12.4. The molecule has 0 heterocycles. The first-order chi connectivity index (χ1) is 10.1. The van der Waals surface area contributed by atoms with Crippen molar-refractivity contribution in [1.82, 2.24) is 0 Å². The highest BCUT2D eigenvalue weighted by atomic mass is 16.5. The van der Waals surface area contributed by atoms with Crippen LogP contribution in [0, 0.1) is 11.8 Å². The standard InChI is InChI=1S/C18H29NO2/c1-4-13-21-17-8-5-16(6-9-17)18(20)10-7-15(11-12-19)14(2)3/h5-6,8-9,14-15H,4,7,10-13,19H2,1-3H3. The van der Waals surface area contributed by atoms with Crippen LogP contribution in [-0.2, 0) is 0 Å². The second kappa shape index (κ2) is 9.56. The van der Waals surface area contributed by atoms with Crippen LogP contribution in [0.25, 0.3) is 0 Å². The summed E-state index contributed by atoms with van der Waals surface area (Å²) in [6.07, 6.45) is 3.49. The summed E-state index contributed by atoms with van der Waals surface area (Å²) >= 11 is 0. The summed E-state index contributed by atoms with van der Waals surface area (Å²) in [7, 11) is 0. The Morgan fingerprint density at radius 3 is 2.38 bits per heavy atom. The number of ether oxygens (including phenoxy) is 1. The van der Waals surface area contributed by atoms with Gasteiger partial charge >= 0.3 is 0 Å². The number of carbonyl (C=O) groups excluding carboxylic acids is 1. The Morgan fingerprint density at radius 2 is 1.86 bits per heavy atom. The molecular weight excluding hydrogens is 262 g/mol. The molecule has 118 valence electrons. The van der Waals surface area contributed by atoms with Gasteiger partial charge in [0.25, 0.3) is 0 Å². The molecule has 1 unspecified atom stereocenters. The molecule has 1 rings (SSSR count). The van der Waals surface area contributed by atoms with E-state index >= 15 is 0 Å². The Balaban J connectivity index is 2.51. The number of ketones is 1. The molecule has 21 heavy (non-hydrogen) atoms. The molecule has 3 heteroatoms. The van der Waals surface area contributed by atoms with Gasteiger partial charge in [-0.3, -0.25) is 4.79 Å². The summed E-state index contributed by atoms with van der Waals surface area (Å²) in [6, 6.07) is 7.48. The maximum atomic E-state index is 12.2. The van der Waals surface area contributed by atoms with Gasteiger partial charge in [-0.15, -0.1) is 0 Å². The molecule has 0 aliphatic carbocycles. The molecule has 0 aromatic heterocycles.